The molecule has 1 aromatic rings. The molecule has 13 heavy (non-hydrogen) atoms. The second kappa shape index (κ2) is 3.47. The van der Waals surface area contributed by atoms with Crippen LogP contribution in [0.4, 0.5) is 8.78 Å². The molecule has 1 heterocycles. The molecule has 0 aliphatic heterocycles. The van der Waals surface area contributed by atoms with E-state index >= 15 is 0 Å². The summed E-state index contributed by atoms with van der Waals surface area (Å²) in [7, 11) is 0. The van der Waals surface area contributed by atoms with Gasteiger partial charge in [0.25, 0.3) is 6.43 Å². The third-order valence-corrected chi connectivity index (χ3v) is 1.67. The fraction of sp³-hybridized carbons (Fsp3) is 0.250. The van der Waals surface area contributed by atoms with E-state index in [1.54, 1.807) is 0 Å². The third-order valence-electron chi connectivity index (χ3n) is 1.67. The van der Waals surface area contributed by atoms with Crippen molar-refractivity contribution in [3.8, 4) is 0 Å². The van der Waals surface area contributed by atoms with Crippen LogP contribution in [0.3, 0.4) is 0 Å². The van der Waals surface area contributed by atoms with E-state index in [1.807, 2.05) is 0 Å². The Labute approximate surface area is 72.4 Å². The Hall–Kier alpha value is -1.52. The van der Waals surface area contributed by atoms with Gasteiger partial charge in [-0.2, -0.15) is 0 Å². The Kier molecular flexibility index (Phi) is 2.55. The van der Waals surface area contributed by atoms with Crippen molar-refractivity contribution in [3.05, 3.63) is 33.2 Å². The molecule has 0 saturated heterocycles. The minimum Gasteiger partial charge on any atom is -0.359 e. The first-order chi connectivity index (χ1) is 6.07. The topological polar surface area (TPSA) is 49.9 Å². The van der Waals surface area contributed by atoms with Crippen molar-refractivity contribution in [2.24, 2.45) is 0 Å². The van der Waals surface area contributed by atoms with E-state index in [4.69, 9.17) is 0 Å². The van der Waals surface area contributed by atoms with Crippen LogP contribution in [0.5, 0.6) is 0 Å². The maximum atomic E-state index is 12.2. The van der Waals surface area contributed by atoms with Gasteiger partial charge in [-0.1, -0.05) is 0 Å². The lowest BCUT2D eigenvalue weighted by atomic mass is 10.1. The van der Waals surface area contributed by atoms with Crippen LogP contribution >= 0.6 is 0 Å². The molecular formula is C8H7F2NO2. The van der Waals surface area contributed by atoms with Crippen molar-refractivity contribution >= 4 is 6.29 Å². The Morgan fingerprint density at radius 2 is 2.15 bits per heavy atom. The standard InChI is InChI=1S/C8H7F2NO2/c1-4-2-11-6(8(9)10)5(3-12)7(4)13/h2-3,8H,1H3,(H,11,13). The lowest BCUT2D eigenvalue weighted by Crippen LogP contribution is -2.16. The van der Waals surface area contributed by atoms with Crippen LogP contribution in [0, 0.1) is 6.92 Å². The average molecular weight is 187 g/mol. The molecule has 0 radical (unpaired) electrons. The highest BCUT2D eigenvalue weighted by molar-refractivity contribution is 5.76. The maximum Gasteiger partial charge on any atom is 0.279 e. The van der Waals surface area contributed by atoms with Crippen molar-refractivity contribution in [2.45, 2.75) is 13.3 Å². The molecule has 0 aromatic carbocycles. The number of alkyl halides is 2. The van der Waals surface area contributed by atoms with Crippen molar-refractivity contribution in [1.82, 2.24) is 4.98 Å². The highest BCUT2D eigenvalue weighted by Crippen LogP contribution is 2.17. The Balaban J connectivity index is 3.47. The molecule has 1 rings (SSSR count). The van der Waals surface area contributed by atoms with E-state index in [2.05, 4.69) is 4.98 Å². The normalized spacial score (nSPS) is 10.5. The fourth-order valence-corrected chi connectivity index (χ4v) is 0.962. The van der Waals surface area contributed by atoms with Gasteiger partial charge in [-0.15, -0.1) is 0 Å². The number of halogens is 2. The number of carbonyl (C=O) groups excluding carboxylic acids is 1. The number of aromatic amines is 1. The van der Waals surface area contributed by atoms with Crippen LogP contribution < -0.4 is 5.43 Å². The van der Waals surface area contributed by atoms with Gasteiger partial charge in [0.2, 0.25) is 0 Å². The lowest BCUT2D eigenvalue weighted by Gasteiger charge is -2.03. The van der Waals surface area contributed by atoms with Crippen LogP contribution in [0.1, 0.15) is 28.0 Å². The van der Waals surface area contributed by atoms with E-state index in [0.29, 0.717) is 0 Å². The first kappa shape index (κ1) is 9.57. The molecule has 0 spiro atoms. The molecule has 0 aliphatic carbocycles. The van der Waals surface area contributed by atoms with Crippen LogP contribution in [-0.4, -0.2) is 11.3 Å². The van der Waals surface area contributed by atoms with Gasteiger partial charge >= 0.3 is 0 Å². The van der Waals surface area contributed by atoms with Crippen molar-refractivity contribution < 1.29 is 13.6 Å². The number of aryl methyl sites for hydroxylation is 1. The van der Waals surface area contributed by atoms with E-state index < -0.39 is 23.1 Å². The summed E-state index contributed by atoms with van der Waals surface area (Å²) in [6, 6.07) is 0. The monoisotopic (exact) mass is 187 g/mol. The maximum absolute atomic E-state index is 12.2. The zero-order chi connectivity index (χ0) is 10.0. The van der Waals surface area contributed by atoms with Crippen LogP contribution in [-0.2, 0) is 0 Å². The number of aromatic nitrogens is 1. The summed E-state index contributed by atoms with van der Waals surface area (Å²) in [5.74, 6) is 0. The second-order valence-electron chi connectivity index (χ2n) is 2.55. The number of rotatable bonds is 2. The fourth-order valence-electron chi connectivity index (χ4n) is 0.962. The molecule has 0 unspecified atom stereocenters. The Morgan fingerprint density at radius 1 is 1.54 bits per heavy atom. The van der Waals surface area contributed by atoms with E-state index in [-0.39, 0.29) is 11.8 Å². The van der Waals surface area contributed by atoms with Gasteiger partial charge in [-0.3, -0.25) is 9.59 Å². The van der Waals surface area contributed by atoms with Gasteiger partial charge < -0.3 is 4.98 Å². The quantitative estimate of drug-likeness (QED) is 0.712. The number of H-pyrrole nitrogens is 1. The third kappa shape index (κ3) is 1.63. The first-order valence-electron chi connectivity index (χ1n) is 3.53. The Morgan fingerprint density at radius 3 is 2.62 bits per heavy atom. The molecule has 0 bridgehead atoms. The van der Waals surface area contributed by atoms with Crippen LogP contribution in [0.2, 0.25) is 0 Å². The van der Waals surface area contributed by atoms with Gasteiger partial charge in [0.1, 0.15) is 0 Å². The lowest BCUT2D eigenvalue weighted by molar-refractivity contribution is 0.110. The smallest absolute Gasteiger partial charge is 0.279 e. The molecule has 0 atom stereocenters. The van der Waals surface area contributed by atoms with E-state index in [0.717, 1.165) is 6.20 Å². The summed E-state index contributed by atoms with van der Waals surface area (Å²) < 4.78 is 24.4. The molecule has 70 valence electrons. The highest BCUT2D eigenvalue weighted by atomic mass is 19.3. The zero-order valence-electron chi connectivity index (χ0n) is 6.80. The van der Waals surface area contributed by atoms with Crippen molar-refractivity contribution in [1.29, 1.82) is 0 Å². The first-order valence-corrected chi connectivity index (χ1v) is 3.53. The molecule has 0 amide bonds. The van der Waals surface area contributed by atoms with Crippen LogP contribution in [0.15, 0.2) is 11.0 Å². The van der Waals surface area contributed by atoms with Gasteiger partial charge in [-0.05, 0) is 6.92 Å². The highest BCUT2D eigenvalue weighted by Gasteiger charge is 2.16. The van der Waals surface area contributed by atoms with Gasteiger partial charge in [0, 0.05) is 11.8 Å². The van der Waals surface area contributed by atoms with E-state index in [9.17, 15) is 18.4 Å². The summed E-state index contributed by atoms with van der Waals surface area (Å²) in [5.41, 5.74) is -1.52. The van der Waals surface area contributed by atoms with Crippen molar-refractivity contribution in [3.63, 3.8) is 0 Å². The minimum absolute atomic E-state index is 0.146. The number of nitrogens with one attached hydrogen (secondary N) is 1. The molecule has 0 aliphatic rings. The molecule has 3 nitrogen and oxygen atoms in total. The number of hydrogen-bond acceptors (Lipinski definition) is 2. The zero-order valence-corrected chi connectivity index (χ0v) is 6.80. The number of pyridine rings is 1. The summed E-state index contributed by atoms with van der Waals surface area (Å²) in [4.78, 5) is 23.7. The number of hydrogen-bond donors (Lipinski definition) is 1. The molecule has 0 saturated carbocycles. The van der Waals surface area contributed by atoms with Crippen LogP contribution in [0.25, 0.3) is 0 Å². The number of aldehydes is 1. The summed E-state index contributed by atoms with van der Waals surface area (Å²) >= 11 is 0. The number of carbonyl (C=O) groups is 1. The summed E-state index contributed by atoms with van der Waals surface area (Å²) in [5, 5.41) is 0. The second-order valence-corrected chi connectivity index (χ2v) is 2.55. The predicted molar refractivity (Wildman–Crippen MR) is 42.1 cm³/mol. The van der Waals surface area contributed by atoms with Crippen molar-refractivity contribution in [2.75, 3.05) is 0 Å². The Bertz CT molecular complexity index is 384. The van der Waals surface area contributed by atoms with Gasteiger partial charge in [0.05, 0.1) is 11.3 Å². The van der Waals surface area contributed by atoms with Gasteiger partial charge in [0.15, 0.2) is 11.7 Å². The molecule has 1 aromatic heterocycles. The molecule has 1 N–H and O–H groups in total. The molecule has 5 heteroatoms. The van der Waals surface area contributed by atoms with E-state index in [1.165, 1.54) is 6.92 Å². The summed E-state index contributed by atoms with van der Waals surface area (Å²) in [6.45, 7) is 1.45. The largest absolute Gasteiger partial charge is 0.359 e. The molecular weight excluding hydrogens is 180 g/mol. The predicted octanol–water partition coefficient (Wildman–Crippen LogP) is 1.43. The molecule has 0 fully saturated rings. The van der Waals surface area contributed by atoms with Gasteiger partial charge in [-0.25, -0.2) is 8.78 Å². The SMILES string of the molecule is Cc1c[nH]c(C(F)F)c(C=O)c1=O. The average Bonchev–Trinajstić information content (AvgIpc) is 2.09. The summed E-state index contributed by atoms with van der Waals surface area (Å²) in [6.07, 6.45) is -1.53. The minimum atomic E-state index is -2.84.